The van der Waals surface area contributed by atoms with Gasteiger partial charge in [-0.25, -0.2) is 0 Å². The number of carbonyl (C=O) groups is 1. The van der Waals surface area contributed by atoms with Crippen molar-refractivity contribution in [3.05, 3.63) is 30.5 Å². The van der Waals surface area contributed by atoms with Gasteiger partial charge in [0.25, 0.3) is 0 Å². The van der Waals surface area contributed by atoms with E-state index in [1.54, 1.807) is 4.90 Å². The lowest BCUT2D eigenvalue weighted by atomic mass is 10.2. The zero-order valence-electron chi connectivity index (χ0n) is 8.68. The number of thiol groups is 1. The number of nitrogens with zero attached hydrogens (tertiary/aromatic N) is 1. The molecule has 3 nitrogen and oxygen atoms in total. The van der Waals surface area contributed by atoms with Crippen LogP contribution in [0.2, 0.25) is 0 Å². The van der Waals surface area contributed by atoms with Crippen LogP contribution in [-0.4, -0.2) is 22.7 Å². The average Bonchev–Trinajstić information content (AvgIpc) is 2.83. The first-order valence-corrected chi connectivity index (χ1v) is 5.81. The zero-order chi connectivity index (χ0) is 11.1. The predicted molar refractivity (Wildman–Crippen MR) is 68.0 cm³/mol. The summed E-state index contributed by atoms with van der Waals surface area (Å²) in [7, 11) is 0. The van der Waals surface area contributed by atoms with Crippen LogP contribution in [0.25, 0.3) is 10.9 Å². The zero-order valence-corrected chi connectivity index (χ0v) is 9.58. The molecule has 3 rings (SSSR count). The van der Waals surface area contributed by atoms with Gasteiger partial charge in [0.05, 0.1) is 0 Å². The van der Waals surface area contributed by atoms with Crippen molar-refractivity contribution in [3.63, 3.8) is 0 Å². The number of benzene rings is 1. The second-order valence-electron chi connectivity index (χ2n) is 4.11. The van der Waals surface area contributed by atoms with E-state index in [9.17, 15) is 4.79 Å². The van der Waals surface area contributed by atoms with Crippen molar-refractivity contribution in [3.8, 4) is 0 Å². The van der Waals surface area contributed by atoms with E-state index in [1.165, 1.54) is 0 Å². The Balaban J connectivity index is 2.02. The SMILES string of the molecule is O=C1CC(S)CN1c1ccc2cc[nH]c2c1. The Kier molecular flexibility index (Phi) is 2.17. The maximum absolute atomic E-state index is 11.7. The second kappa shape index (κ2) is 3.56. The Morgan fingerprint density at radius 2 is 2.25 bits per heavy atom. The van der Waals surface area contributed by atoms with Crippen molar-refractivity contribution in [2.45, 2.75) is 11.7 Å². The van der Waals surface area contributed by atoms with Crippen LogP contribution in [0.15, 0.2) is 30.5 Å². The normalized spacial score (nSPS) is 20.9. The number of aromatic nitrogens is 1. The first-order chi connectivity index (χ1) is 7.74. The van der Waals surface area contributed by atoms with Gasteiger partial charge in [-0.15, -0.1) is 0 Å². The van der Waals surface area contributed by atoms with Gasteiger partial charge in [-0.3, -0.25) is 4.79 Å². The molecule has 1 aromatic heterocycles. The molecule has 1 saturated heterocycles. The fourth-order valence-corrected chi connectivity index (χ4v) is 2.46. The first kappa shape index (κ1) is 9.78. The summed E-state index contributed by atoms with van der Waals surface area (Å²) in [4.78, 5) is 16.7. The molecule has 1 fully saturated rings. The van der Waals surface area contributed by atoms with Gasteiger partial charge in [0.2, 0.25) is 5.91 Å². The Bertz CT molecular complexity index is 549. The molecule has 1 aliphatic heterocycles. The topological polar surface area (TPSA) is 36.1 Å². The van der Waals surface area contributed by atoms with E-state index in [2.05, 4.69) is 17.6 Å². The highest BCUT2D eigenvalue weighted by Crippen LogP contribution is 2.26. The lowest BCUT2D eigenvalue weighted by molar-refractivity contribution is -0.117. The van der Waals surface area contributed by atoms with Crippen LogP contribution in [0.1, 0.15) is 6.42 Å². The number of anilines is 1. The molecule has 4 heteroatoms. The van der Waals surface area contributed by atoms with Gasteiger partial charge in [0.15, 0.2) is 0 Å². The van der Waals surface area contributed by atoms with Crippen LogP contribution in [-0.2, 0) is 4.79 Å². The fourth-order valence-electron chi connectivity index (χ4n) is 2.14. The van der Waals surface area contributed by atoms with Gasteiger partial charge in [-0.1, -0.05) is 6.07 Å². The summed E-state index contributed by atoms with van der Waals surface area (Å²) in [6, 6.07) is 8.05. The van der Waals surface area contributed by atoms with Crippen molar-refractivity contribution in [2.75, 3.05) is 11.4 Å². The fraction of sp³-hybridized carbons (Fsp3) is 0.250. The molecular formula is C12H12N2OS. The van der Waals surface area contributed by atoms with Crippen LogP contribution in [0.4, 0.5) is 5.69 Å². The molecular weight excluding hydrogens is 220 g/mol. The van der Waals surface area contributed by atoms with Gasteiger partial charge in [-0.05, 0) is 23.6 Å². The number of carbonyl (C=O) groups excluding carboxylic acids is 1. The van der Waals surface area contributed by atoms with Gasteiger partial charge in [0.1, 0.15) is 0 Å². The minimum Gasteiger partial charge on any atom is -0.361 e. The van der Waals surface area contributed by atoms with Crippen LogP contribution in [0.5, 0.6) is 0 Å². The van der Waals surface area contributed by atoms with Crippen molar-refractivity contribution < 1.29 is 4.79 Å². The van der Waals surface area contributed by atoms with E-state index < -0.39 is 0 Å². The van der Waals surface area contributed by atoms with Crippen molar-refractivity contribution in [2.24, 2.45) is 0 Å². The standard InChI is InChI=1S/C12H12N2OS/c15-12-6-10(16)7-14(12)9-2-1-8-3-4-13-11(8)5-9/h1-5,10,13,16H,6-7H2. The summed E-state index contributed by atoms with van der Waals surface area (Å²) in [6.45, 7) is 0.703. The molecule has 1 atom stereocenters. The number of aromatic amines is 1. The smallest absolute Gasteiger partial charge is 0.228 e. The number of fused-ring (bicyclic) bond motifs is 1. The summed E-state index contributed by atoms with van der Waals surface area (Å²) in [5.74, 6) is 0.158. The minimum atomic E-state index is 0.158. The van der Waals surface area contributed by atoms with E-state index in [1.807, 2.05) is 30.5 Å². The largest absolute Gasteiger partial charge is 0.361 e. The molecule has 0 bridgehead atoms. The van der Waals surface area contributed by atoms with Gasteiger partial charge in [-0.2, -0.15) is 12.6 Å². The monoisotopic (exact) mass is 232 g/mol. The lowest BCUT2D eigenvalue weighted by Crippen LogP contribution is -2.24. The van der Waals surface area contributed by atoms with Crippen molar-refractivity contribution in [1.29, 1.82) is 0 Å². The third kappa shape index (κ3) is 1.50. The van der Waals surface area contributed by atoms with Gasteiger partial charge >= 0.3 is 0 Å². The first-order valence-electron chi connectivity index (χ1n) is 5.29. The molecule has 82 valence electrons. The predicted octanol–water partition coefficient (Wildman–Crippen LogP) is 2.20. The van der Waals surface area contributed by atoms with E-state index >= 15 is 0 Å². The molecule has 0 saturated carbocycles. The van der Waals surface area contributed by atoms with Crippen LogP contribution >= 0.6 is 12.6 Å². The average molecular weight is 232 g/mol. The maximum atomic E-state index is 11.7. The highest BCUT2D eigenvalue weighted by molar-refractivity contribution is 7.81. The molecule has 1 amide bonds. The Morgan fingerprint density at radius 1 is 1.38 bits per heavy atom. The Morgan fingerprint density at radius 3 is 3.00 bits per heavy atom. The Labute approximate surface area is 98.9 Å². The highest BCUT2D eigenvalue weighted by Gasteiger charge is 2.28. The summed E-state index contributed by atoms with van der Waals surface area (Å²) in [6.07, 6.45) is 2.44. The maximum Gasteiger partial charge on any atom is 0.228 e. The van der Waals surface area contributed by atoms with Gasteiger partial charge < -0.3 is 9.88 Å². The molecule has 0 aliphatic carbocycles. The molecule has 1 aliphatic rings. The second-order valence-corrected chi connectivity index (χ2v) is 4.84. The molecule has 1 unspecified atom stereocenters. The van der Waals surface area contributed by atoms with E-state index in [4.69, 9.17) is 0 Å². The number of rotatable bonds is 1. The van der Waals surface area contributed by atoms with Crippen molar-refractivity contribution in [1.82, 2.24) is 4.98 Å². The molecule has 0 radical (unpaired) electrons. The van der Waals surface area contributed by atoms with E-state index in [0.717, 1.165) is 16.6 Å². The van der Waals surface area contributed by atoms with E-state index in [-0.39, 0.29) is 11.2 Å². The summed E-state index contributed by atoms with van der Waals surface area (Å²) >= 11 is 4.35. The third-order valence-corrected chi connectivity index (χ3v) is 3.30. The number of nitrogens with one attached hydrogen (secondary N) is 1. The molecule has 1 N–H and O–H groups in total. The van der Waals surface area contributed by atoms with E-state index in [0.29, 0.717) is 13.0 Å². The number of amides is 1. The highest BCUT2D eigenvalue weighted by atomic mass is 32.1. The number of hydrogen-bond acceptors (Lipinski definition) is 2. The number of H-pyrrole nitrogens is 1. The minimum absolute atomic E-state index is 0.158. The quantitative estimate of drug-likeness (QED) is 0.727. The lowest BCUT2D eigenvalue weighted by Gasteiger charge is -2.15. The van der Waals surface area contributed by atoms with Gasteiger partial charge in [0, 0.05) is 35.6 Å². The third-order valence-electron chi connectivity index (χ3n) is 2.95. The van der Waals surface area contributed by atoms with Crippen LogP contribution < -0.4 is 4.90 Å². The van der Waals surface area contributed by atoms with Crippen LogP contribution in [0.3, 0.4) is 0 Å². The molecule has 1 aromatic carbocycles. The molecule has 2 aromatic rings. The molecule has 0 spiro atoms. The van der Waals surface area contributed by atoms with Crippen molar-refractivity contribution >= 4 is 35.1 Å². The molecule has 16 heavy (non-hydrogen) atoms. The Hall–Kier alpha value is -1.42. The summed E-state index contributed by atoms with van der Waals surface area (Å²) in [5.41, 5.74) is 2.02. The van der Waals surface area contributed by atoms with Crippen LogP contribution in [0, 0.1) is 0 Å². The molecule has 2 heterocycles. The number of hydrogen-bond donors (Lipinski definition) is 2. The summed E-state index contributed by atoms with van der Waals surface area (Å²) in [5, 5.41) is 1.32. The summed E-state index contributed by atoms with van der Waals surface area (Å²) < 4.78 is 0.